The molecule has 0 saturated heterocycles. The van der Waals surface area contributed by atoms with E-state index in [0.29, 0.717) is 17.9 Å². The quantitative estimate of drug-likeness (QED) is 0.698. The monoisotopic (exact) mass is 358 g/mol. The molecule has 2 amide bonds. The molecular weight excluding hydrogens is 340 g/mol. The van der Waals surface area contributed by atoms with Crippen LogP contribution in [-0.2, 0) is 4.79 Å². The number of carbonyl (C=O) groups is 2. The third-order valence-corrected chi connectivity index (χ3v) is 3.22. The molecule has 0 aromatic heterocycles. The van der Waals surface area contributed by atoms with Gasteiger partial charge in [0.05, 0.1) is 13.5 Å². The number of aliphatic carboxylic acids is 1. The topological polar surface area (TPSA) is 87.7 Å². The van der Waals surface area contributed by atoms with E-state index in [1.165, 1.54) is 7.11 Å². The molecule has 116 valence electrons. The van der Waals surface area contributed by atoms with E-state index in [1.807, 2.05) is 6.92 Å². The molecule has 0 bridgehead atoms. The molecular formula is C14H19BrN2O4. The van der Waals surface area contributed by atoms with Gasteiger partial charge in [0.15, 0.2) is 0 Å². The number of benzene rings is 1. The van der Waals surface area contributed by atoms with E-state index >= 15 is 0 Å². The lowest BCUT2D eigenvalue weighted by atomic mass is 10.1. The Labute approximate surface area is 132 Å². The van der Waals surface area contributed by atoms with Gasteiger partial charge in [-0.15, -0.1) is 0 Å². The van der Waals surface area contributed by atoms with Crippen LogP contribution in [-0.4, -0.2) is 30.3 Å². The highest BCUT2D eigenvalue weighted by Crippen LogP contribution is 2.24. The van der Waals surface area contributed by atoms with Gasteiger partial charge in [-0.25, -0.2) is 4.79 Å². The van der Waals surface area contributed by atoms with Crippen LogP contribution in [0.25, 0.3) is 0 Å². The number of halogens is 1. The second-order valence-corrected chi connectivity index (χ2v) is 5.48. The molecule has 0 aliphatic rings. The Morgan fingerprint density at radius 2 is 2.10 bits per heavy atom. The number of carboxylic acid groups (broad SMARTS) is 1. The number of carbonyl (C=O) groups excluding carboxylic acids is 1. The van der Waals surface area contributed by atoms with Crippen molar-refractivity contribution in [1.82, 2.24) is 5.32 Å². The van der Waals surface area contributed by atoms with Crippen molar-refractivity contribution in [2.75, 3.05) is 12.4 Å². The van der Waals surface area contributed by atoms with Crippen LogP contribution in [0, 0.1) is 0 Å². The predicted octanol–water partition coefficient (Wildman–Crippen LogP) is 3.22. The van der Waals surface area contributed by atoms with Crippen LogP contribution in [0.15, 0.2) is 22.7 Å². The molecule has 0 heterocycles. The Bertz CT molecular complexity index is 508. The number of anilines is 1. The number of rotatable bonds is 7. The summed E-state index contributed by atoms with van der Waals surface area (Å²) in [5.74, 6) is -0.326. The van der Waals surface area contributed by atoms with Crippen molar-refractivity contribution >= 4 is 33.6 Å². The highest BCUT2D eigenvalue weighted by Gasteiger charge is 2.15. The molecule has 1 aromatic rings. The van der Waals surface area contributed by atoms with Gasteiger partial charge in [-0.3, -0.25) is 4.79 Å². The largest absolute Gasteiger partial charge is 0.497 e. The third kappa shape index (κ3) is 6.48. The average molecular weight is 359 g/mol. The Balaban J connectivity index is 2.66. The Kier molecular flexibility index (Phi) is 7.01. The number of hydrogen-bond acceptors (Lipinski definition) is 3. The fourth-order valence-electron chi connectivity index (χ4n) is 1.89. The summed E-state index contributed by atoms with van der Waals surface area (Å²) in [7, 11) is 1.54. The average Bonchev–Trinajstić information content (AvgIpc) is 2.37. The molecule has 0 spiro atoms. The normalized spacial score (nSPS) is 11.6. The summed E-state index contributed by atoms with van der Waals surface area (Å²) < 4.78 is 5.88. The minimum atomic E-state index is -0.933. The minimum absolute atomic E-state index is 0.0942. The summed E-state index contributed by atoms with van der Waals surface area (Å²) in [5.41, 5.74) is 0.560. The number of methoxy groups -OCH3 is 1. The summed E-state index contributed by atoms with van der Waals surface area (Å²) in [4.78, 5) is 22.7. The Morgan fingerprint density at radius 3 is 2.67 bits per heavy atom. The summed E-state index contributed by atoms with van der Waals surface area (Å²) in [5, 5.41) is 14.2. The van der Waals surface area contributed by atoms with Gasteiger partial charge in [0.1, 0.15) is 5.75 Å². The van der Waals surface area contributed by atoms with Gasteiger partial charge in [-0.2, -0.15) is 0 Å². The lowest BCUT2D eigenvalue weighted by molar-refractivity contribution is -0.137. The number of nitrogens with one attached hydrogen (secondary N) is 2. The zero-order valence-electron chi connectivity index (χ0n) is 12.0. The van der Waals surface area contributed by atoms with Crippen molar-refractivity contribution in [2.24, 2.45) is 0 Å². The van der Waals surface area contributed by atoms with E-state index in [1.54, 1.807) is 18.2 Å². The smallest absolute Gasteiger partial charge is 0.319 e. The van der Waals surface area contributed by atoms with Gasteiger partial charge in [0, 0.05) is 22.3 Å². The van der Waals surface area contributed by atoms with Crippen LogP contribution in [0.5, 0.6) is 5.75 Å². The fourth-order valence-corrected chi connectivity index (χ4v) is 2.36. The van der Waals surface area contributed by atoms with Crippen LogP contribution in [0.2, 0.25) is 0 Å². The SMILES string of the molecule is CCCC(CC(=O)O)NC(=O)Nc1cc(Br)cc(OC)c1. The van der Waals surface area contributed by atoms with Crippen molar-refractivity contribution in [3.8, 4) is 5.75 Å². The van der Waals surface area contributed by atoms with Crippen molar-refractivity contribution in [3.63, 3.8) is 0 Å². The summed E-state index contributed by atoms with van der Waals surface area (Å²) in [6, 6.07) is 4.36. The van der Waals surface area contributed by atoms with Crippen LogP contribution in [0.1, 0.15) is 26.2 Å². The van der Waals surface area contributed by atoms with Crippen molar-refractivity contribution < 1.29 is 19.4 Å². The molecule has 0 aliphatic carbocycles. The predicted molar refractivity (Wildman–Crippen MR) is 83.8 cm³/mol. The van der Waals surface area contributed by atoms with Gasteiger partial charge in [-0.1, -0.05) is 29.3 Å². The van der Waals surface area contributed by atoms with Gasteiger partial charge in [0.25, 0.3) is 0 Å². The fraction of sp³-hybridized carbons (Fsp3) is 0.429. The highest BCUT2D eigenvalue weighted by molar-refractivity contribution is 9.10. The minimum Gasteiger partial charge on any atom is -0.497 e. The summed E-state index contributed by atoms with van der Waals surface area (Å²) >= 11 is 3.32. The zero-order valence-corrected chi connectivity index (χ0v) is 13.6. The first-order valence-corrected chi connectivity index (χ1v) is 7.37. The molecule has 1 unspecified atom stereocenters. The number of ether oxygens (including phenoxy) is 1. The second-order valence-electron chi connectivity index (χ2n) is 4.56. The number of amides is 2. The van der Waals surface area contributed by atoms with Crippen LogP contribution >= 0.6 is 15.9 Å². The van der Waals surface area contributed by atoms with Crippen molar-refractivity contribution in [1.29, 1.82) is 0 Å². The molecule has 0 radical (unpaired) electrons. The van der Waals surface area contributed by atoms with E-state index in [2.05, 4.69) is 26.6 Å². The van der Waals surface area contributed by atoms with E-state index < -0.39 is 12.0 Å². The zero-order chi connectivity index (χ0) is 15.8. The molecule has 3 N–H and O–H groups in total. The van der Waals surface area contributed by atoms with Crippen molar-refractivity contribution in [3.05, 3.63) is 22.7 Å². The Hall–Kier alpha value is -1.76. The molecule has 6 nitrogen and oxygen atoms in total. The maximum Gasteiger partial charge on any atom is 0.319 e. The molecule has 0 aliphatic heterocycles. The van der Waals surface area contributed by atoms with Crippen LogP contribution in [0.4, 0.5) is 10.5 Å². The van der Waals surface area contributed by atoms with E-state index in [0.717, 1.165) is 10.9 Å². The maximum absolute atomic E-state index is 11.9. The molecule has 1 atom stereocenters. The standard InChI is InChI=1S/C14H19BrN2O4/c1-3-4-10(8-13(18)19)16-14(20)17-11-5-9(15)6-12(7-11)21-2/h5-7,10H,3-4,8H2,1-2H3,(H,18,19)(H2,16,17,20). The number of urea groups is 1. The molecule has 1 rings (SSSR count). The van der Waals surface area contributed by atoms with E-state index in [-0.39, 0.29) is 12.5 Å². The molecule has 0 fully saturated rings. The van der Waals surface area contributed by atoms with Gasteiger partial charge < -0.3 is 20.5 Å². The first kappa shape index (κ1) is 17.3. The number of hydrogen-bond donors (Lipinski definition) is 3. The second kappa shape index (κ2) is 8.51. The van der Waals surface area contributed by atoms with Crippen LogP contribution in [0.3, 0.4) is 0 Å². The lowest BCUT2D eigenvalue weighted by Gasteiger charge is -2.17. The highest BCUT2D eigenvalue weighted by atomic mass is 79.9. The van der Waals surface area contributed by atoms with Crippen molar-refractivity contribution in [2.45, 2.75) is 32.2 Å². The third-order valence-electron chi connectivity index (χ3n) is 2.76. The van der Waals surface area contributed by atoms with E-state index in [4.69, 9.17) is 9.84 Å². The van der Waals surface area contributed by atoms with Gasteiger partial charge in [0.2, 0.25) is 0 Å². The van der Waals surface area contributed by atoms with Gasteiger partial charge in [-0.05, 0) is 18.6 Å². The molecule has 21 heavy (non-hydrogen) atoms. The molecule has 1 aromatic carbocycles. The summed E-state index contributed by atoms with van der Waals surface area (Å²) in [6.07, 6.45) is 1.31. The first-order chi connectivity index (χ1) is 9.94. The summed E-state index contributed by atoms with van der Waals surface area (Å²) in [6.45, 7) is 1.94. The lowest BCUT2D eigenvalue weighted by Crippen LogP contribution is -2.39. The molecule has 7 heteroatoms. The Morgan fingerprint density at radius 1 is 1.38 bits per heavy atom. The maximum atomic E-state index is 11.9. The number of carboxylic acids is 1. The molecule has 0 saturated carbocycles. The van der Waals surface area contributed by atoms with Crippen LogP contribution < -0.4 is 15.4 Å². The van der Waals surface area contributed by atoms with E-state index in [9.17, 15) is 9.59 Å². The first-order valence-electron chi connectivity index (χ1n) is 6.58. The van der Waals surface area contributed by atoms with Gasteiger partial charge >= 0.3 is 12.0 Å².